The largest absolute Gasteiger partial charge is 1.00 e. The van der Waals surface area contributed by atoms with Crippen LogP contribution in [0.5, 0.6) is 0 Å². The Bertz CT molecular complexity index is 451. The van der Waals surface area contributed by atoms with E-state index in [2.05, 4.69) is 10.2 Å². The summed E-state index contributed by atoms with van der Waals surface area (Å²) < 4.78 is 0. The minimum absolute atomic E-state index is 0. The molecule has 0 saturated heterocycles. The summed E-state index contributed by atoms with van der Waals surface area (Å²) in [6, 6.07) is 7.53. The summed E-state index contributed by atoms with van der Waals surface area (Å²) >= 11 is 0. The van der Waals surface area contributed by atoms with Crippen molar-refractivity contribution in [3.63, 3.8) is 0 Å². The molecule has 0 atom stereocenters. The first-order valence-electron chi connectivity index (χ1n) is 4.75. The van der Waals surface area contributed by atoms with Gasteiger partial charge in [0.2, 0.25) is 0 Å². The van der Waals surface area contributed by atoms with Crippen molar-refractivity contribution in [2.24, 2.45) is 0 Å². The van der Waals surface area contributed by atoms with E-state index in [1.807, 2.05) is 24.3 Å². The molecule has 2 aromatic rings. The van der Waals surface area contributed by atoms with Gasteiger partial charge in [0, 0.05) is 5.97 Å². The predicted octanol–water partition coefficient (Wildman–Crippen LogP) is -3.03. The van der Waals surface area contributed by atoms with Crippen LogP contribution in [0.4, 0.5) is 0 Å². The minimum Gasteiger partial charge on any atom is -0.550 e. The van der Waals surface area contributed by atoms with Gasteiger partial charge in [-0.05, 0) is 25.0 Å². The van der Waals surface area contributed by atoms with E-state index in [4.69, 9.17) is 0 Å². The van der Waals surface area contributed by atoms with Crippen LogP contribution in [0.25, 0.3) is 11.0 Å². The number of nitrogens with zero attached hydrogens (tertiary/aromatic N) is 3. The summed E-state index contributed by atoms with van der Waals surface area (Å²) in [6.07, 6.45) is 0.529. The number of carboxylic acids is 1. The van der Waals surface area contributed by atoms with E-state index in [0.29, 0.717) is 13.0 Å². The fraction of sp³-hybridized carbons (Fsp3) is 0.300. The fourth-order valence-corrected chi connectivity index (χ4v) is 1.37. The Labute approximate surface area is 115 Å². The molecule has 0 aliphatic carbocycles. The molecule has 1 aromatic carbocycles. The molecule has 1 aromatic heterocycles. The Morgan fingerprint density at radius 3 is 2.31 bits per heavy atom. The average molecular weight is 227 g/mol. The van der Waals surface area contributed by atoms with Crippen LogP contribution in [-0.4, -0.2) is 21.0 Å². The SMILES string of the molecule is O=C([O-])CCCn1nc2ccccc2n1.[Na+]. The number of benzene rings is 1. The van der Waals surface area contributed by atoms with Crippen LogP contribution in [0.2, 0.25) is 0 Å². The van der Waals surface area contributed by atoms with Crippen molar-refractivity contribution in [3.8, 4) is 0 Å². The summed E-state index contributed by atoms with van der Waals surface area (Å²) in [6.45, 7) is 0.503. The van der Waals surface area contributed by atoms with Crippen LogP contribution in [0.15, 0.2) is 24.3 Å². The van der Waals surface area contributed by atoms with Crippen molar-refractivity contribution in [3.05, 3.63) is 24.3 Å². The van der Waals surface area contributed by atoms with Crippen LogP contribution in [0.1, 0.15) is 12.8 Å². The van der Waals surface area contributed by atoms with E-state index < -0.39 is 5.97 Å². The molecule has 16 heavy (non-hydrogen) atoms. The number of hydrogen-bond acceptors (Lipinski definition) is 4. The van der Waals surface area contributed by atoms with Gasteiger partial charge in [-0.1, -0.05) is 12.1 Å². The van der Waals surface area contributed by atoms with E-state index in [1.54, 1.807) is 0 Å². The van der Waals surface area contributed by atoms with Crippen LogP contribution in [0.3, 0.4) is 0 Å². The van der Waals surface area contributed by atoms with E-state index >= 15 is 0 Å². The zero-order valence-corrected chi connectivity index (χ0v) is 11.1. The number of carbonyl (C=O) groups is 1. The summed E-state index contributed by atoms with van der Waals surface area (Å²) in [5.74, 6) is -1.04. The van der Waals surface area contributed by atoms with Gasteiger partial charge in [0.15, 0.2) is 0 Å². The van der Waals surface area contributed by atoms with Crippen molar-refractivity contribution in [1.29, 1.82) is 0 Å². The second-order valence-electron chi connectivity index (χ2n) is 3.26. The third-order valence-electron chi connectivity index (χ3n) is 2.07. The van der Waals surface area contributed by atoms with Gasteiger partial charge in [-0.25, -0.2) is 0 Å². The zero-order chi connectivity index (χ0) is 10.7. The molecular weight excluding hydrogens is 217 g/mol. The first kappa shape index (κ1) is 13.2. The van der Waals surface area contributed by atoms with Gasteiger partial charge in [0.1, 0.15) is 11.0 Å². The van der Waals surface area contributed by atoms with Gasteiger partial charge in [0.25, 0.3) is 0 Å². The molecule has 0 bridgehead atoms. The van der Waals surface area contributed by atoms with Crippen molar-refractivity contribution in [1.82, 2.24) is 15.0 Å². The average Bonchev–Trinajstić information content (AvgIpc) is 2.59. The Hall–Kier alpha value is -0.910. The third-order valence-corrected chi connectivity index (χ3v) is 2.07. The number of aryl methyl sites for hydroxylation is 1. The van der Waals surface area contributed by atoms with E-state index in [9.17, 15) is 9.90 Å². The van der Waals surface area contributed by atoms with Crippen LogP contribution < -0.4 is 34.7 Å². The molecule has 0 spiro atoms. The normalized spacial score (nSPS) is 10.0. The Morgan fingerprint density at radius 2 is 1.81 bits per heavy atom. The van der Waals surface area contributed by atoms with Gasteiger partial charge in [-0.3, -0.25) is 0 Å². The molecule has 0 aliphatic heterocycles. The molecule has 78 valence electrons. The molecule has 0 amide bonds. The summed E-state index contributed by atoms with van der Waals surface area (Å²) in [5, 5.41) is 18.6. The molecule has 0 N–H and O–H groups in total. The summed E-state index contributed by atoms with van der Waals surface area (Å²) in [4.78, 5) is 11.7. The van der Waals surface area contributed by atoms with E-state index in [0.717, 1.165) is 11.0 Å². The number of carboxylic acid groups (broad SMARTS) is 1. The van der Waals surface area contributed by atoms with Gasteiger partial charge >= 0.3 is 29.6 Å². The molecule has 0 unspecified atom stereocenters. The molecule has 0 radical (unpaired) electrons. The molecular formula is C10H10N3NaO2. The maximum Gasteiger partial charge on any atom is 1.00 e. The summed E-state index contributed by atoms with van der Waals surface area (Å²) in [5.41, 5.74) is 1.65. The first-order chi connectivity index (χ1) is 7.25. The van der Waals surface area contributed by atoms with Gasteiger partial charge in [0.05, 0.1) is 6.54 Å². The van der Waals surface area contributed by atoms with Crippen LogP contribution >= 0.6 is 0 Å². The third kappa shape index (κ3) is 3.30. The van der Waals surface area contributed by atoms with Crippen molar-refractivity contribution in [2.45, 2.75) is 19.4 Å². The van der Waals surface area contributed by atoms with E-state index in [1.165, 1.54) is 4.80 Å². The van der Waals surface area contributed by atoms with Gasteiger partial charge in [-0.15, -0.1) is 0 Å². The molecule has 0 saturated carbocycles. The maximum absolute atomic E-state index is 10.2. The number of aliphatic carboxylic acids is 1. The Kier molecular flexibility index (Phi) is 4.92. The smallest absolute Gasteiger partial charge is 0.550 e. The monoisotopic (exact) mass is 227 g/mol. The van der Waals surface area contributed by atoms with Crippen molar-refractivity contribution in [2.75, 3.05) is 0 Å². The molecule has 6 heteroatoms. The molecule has 0 aliphatic rings. The second kappa shape index (κ2) is 5.98. The van der Waals surface area contributed by atoms with Crippen molar-refractivity contribution >= 4 is 17.0 Å². The number of hydrogen-bond donors (Lipinski definition) is 0. The number of carbonyl (C=O) groups excluding carboxylic acids is 1. The molecule has 5 nitrogen and oxygen atoms in total. The minimum atomic E-state index is -1.04. The van der Waals surface area contributed by atoms with Crippen molar-refractivity contribution < 1.29 is 39.5 Å². The fourth-order valence-electron chi connectivity index (χ4n) is 1.37. The predicted molar refractivity (Wildman–Crippen MR) is 51.8 cm³/mol. The quantitative estimate of drug-likeness (QED) is 0.521. The van der Waals surface area contributed by atoms with Gasteiger partial charge in [-0.2, -0.15) is 15.0 Å². The number of rotatable bonds is 4. The second-order valence-corrected chi connectivity index (χ2v) is 3.26. The summed E-state index contributed by atoms with van der Waals surface area (Å²) in [7, 11) is 0. The Morgan fingerprint density at radius 1 is 1.25 bits per heavy atom. The van der Waals surface area contributed by atoms with Crippen LogP contribution in [-0.2, 0) is 11.3 Å². The topological polar surface area (TPSA) is 70.8 Å². The zero-order valence-electron chi connectivity index (χ0n) is 9.09. The molecule has 0 fully saturated rings. The molecule has 2 rings (SSSR count). The number of aromatic nitrogens is 3. The Balaban J connectivity index is 0.00000128. The van der Waals surface area contributed by atoms with Crippen LogP contribution in [0, 0.1) is 0 Å². The van der Waals surface area contributed by atoms with E-state index in [-0.39, 0.29) is 36.0 Å². The first-order valence-corrected chi connectivity index (χ1v) is 4.75. The van der Waals surface area contributed by atoms with Gasteiger partial charge < -0.3 is 9.90 Å². The standard InChI is InChI=1S/C10H11N3O2.Na/c14-10(15)6-3-7-13-11-8-4-1-2-5-9(8)12-13;/h1-2,4-5H,3,6-7H2,(H,14,15);/q;+1/p-1. The number of fused-ring (bicyclic) bond motifs is 1. The maximum atomic E-state index is 10.2. The molecule has 1 heterocycles.